The molecule has 2 aromatic carbocycles. The van der Waals surface area contributed by atoms with Gasteiger partial charge in [0.2, 0.25) is 0 Å². The maximum atomic E-state index is 5.71. The minimum Gasteiger partial charge on any atom is -0.490 e. The Hall–Kier alpha value is -3.08. The summed E-state index contributed by atoms with van der Waals surface area (Å²) in [6, 6.07) is 17.3. The van der Waals surface area contributed by atoms with Gasteiger partial charge in [-0.05, 0) is 36.8 Å². The molecule has 24 heavy (non-hydrogen) atoms. The van der Waals surface area contributed by atoms with Gasteiger partial charge in [-0.2, -0.15) is 0 Å². The SMILES string of the molecule is Cc1ccccc1OCCOc1cccc(Oc2ncccn2)c1. The predicted molar refractivity (Wildman–Crippen MR) is 90.7 cm³/mol. The van der Waals surface area contributed by atoms with Crippen LogP contribution in [0.25, 0.3) is 0 Å². The molecule has 3 rings (SSSR count). The standard InChI is InChI=1S/C19H18N2O3/c1-15-6-2-3-9-18(15)23-13-12-22-16-7-4-8-17(14-16)24-19-20-10-5-11-21-19/h2-11,14H,12-13H2,1H3. The van der Waals surface area contributed by atoms with Crippen LogP contribution in [-0.4, -0.2) is 23.2 Å². The number of ether oxygens (including phenoxy) is 3. The molecule has 0 spiro atoms. The molecule has 122 valence electrons. The van der Waals surface area contributed by atoms with Crippen LogP contribution in [-0.2, 0) is 0 Å². The fourth-order valence-corrected chi connectivity index (χ4v) is 2.10. The van der Waals surface area contributed by atoms with Crippen molar-refractivity contribution in [2.45, 2.75) is 6.92 Å². The zero-order chi connectivity index (χ0) is 16.6. The lowest BCUT2D eigenvalue weighted by molar-refractivity contribution is 0.216. The molecule has 1 aromatic heterocycles. The third-order valence-corrected chi connectivity index (χ3v) is 3.26. The van der Waals surface area contributed by atoms with Crippen molar-refractivity contribution in [1.29, 1.82) is 0 Å². The first-order valence-corrected chi connectivity index (χ1v) is 7.67. The molecule has 5 heteroatoms. The summed E-state index contributed by atoms with van der Waals surface area (Å²) in [5.74, 6) is 2.20. The molecule has 1 heterocycles. The molecule has 0 saturated carbocycles. The largest absolute Gasteiger partial charge is 0.490 e. The van der Waals surface area contributed by atoms with E-state index < -0.39 is 0 Å². The molecule has 0 unspecified atom stereocenters. The number of aryl methyl sites for hydroxylation is 1. The Labute approximate surface area is 140 Å². The lowest BCUT2D eigenvalue weighted by atomic mass is 10.2. The van der Waals surface area contributed by atoms with E-state index in [0.717, 1.165) is 11.3 Å². The normalized spacial score (nSPS) is 10.2. The lowest BCUT2D eigenvalue weighted by Crippen LogP contribution is -2.09. The summed E-state index contributed by atoms with van der Waals surface area (Å²) in [6.07, 6.45) is 3.26. The van der Waals surface area contributed by atoms with Crippen molar-refractivity contribution in [3.05, 3.63) is 72.6 Å². The van der Waals surface area contributed by atoms with E-state index in [0.29, 0.717) is 30.7 Å². The number of hydrogen-bond acceptors (Lipinski definition) is 5. The molecular formula is C19H18N2O3. The minimum atomic E-state index is 0.303. The van der Waals surface area contributed by atoms with E-state index in [1.54, 1.807) is 24.5 Å². The molecule has 0 bridgehead atoms. The second kappa shape index (κ2) is 7.97. The van der Waals surface area contributed by atoms with Crippen LogP contribution in [0, 0.1) is 6.92 Å². The van der Waals surface area contributed by atoms with Gasteiger partial charge in [0.05, 0.1) is 0 Å². The van der Waals surface area contributed by atoms with Gasteiger partial charge in [-0.15, -0.1) is 0 Å². The summed E-state index contributed by atoms with van der Waals surface area (Å²) in [6.45, 7) is 2.93. The minimum absolute atomic E-state index is 0.303. The summed E-state index contributed by atoms with van der Waals surface area (Å²) in [4.78, 5) is 8.05. The second-order valence-corrected chi connectivity index (χ2v) is 5.07. The molecule has 0 radical (unpaired) electrons. The number of rotatable bonds is 7. The van der Waals surface area contributed by atoms with E-state index in [1.807, 2.05) is 49.4 Å². The van der Waals surface area contributed by atoms with Gasteiger partial charge >= 0.3 is 6.01 Å². The molecule has 0 saturated heterocycles. The van der Waals surface area contributed by atoms with E-state index in [-0.39, 0.29) is 0 Å². The summed E-state index contributed by atoms with van der Waals surface area (Å²) in [5, 5.41) is 0. The maximum Gasteiger partial charge on any atom is 0.321 e. The molecule has 0 amide bonds. The van der Waals surface area contributed by atoms with Gasteiger partial charge in [0.25, 0.3) is 0 Å². The van der Waals surface area contributed by atoms with Gasteiger partial charge in [0, 0.05) is 18.5 Å². The van der Waals surface area contributed by atoms with Crippen LogP contribution >= 0.6 is 0 Å². The quantitative estimate of drug-likeness (QED) is 0.615. The van der Waals surface area contributed by atoms with E-state index in [9.17, 15) is 0 Å². The third-order valence-electron chi connectivity index (χ3n) is 3.26. The molecule has 0 fully saturated rings. The van der Waals surface area contributed by atoms with E-state index in [4.69, 9.17) is 14.2 Å². The third kappa shape index (κ3) is 4.46. The van der Waals surface area contributed by atoms with Crippen LogP contribution in [0.1, 0.15) is 5.56 Å². The van der Waals surface area contributed by atoms with Gasteiger partial charge in [-0.25, -0.2) is 9.97 Å². The maximum absolute atomic E-state index is 5.71. The molecule has 0 N–H and O–H groups in total. The molecule has 3 aromatic rings. The average Bonchev–Trinajstić information content (AvgIpc) is 2.61. The lowest BCUT2D eigenvalue weighted by Gasteiger charge is -2.11. The zero-order valence-corrected chi connectivity index (χ0v) is 13.4. The number of para-hydroxylation sites is 1. The first kappa shape index (κ1) is 15.8. The van der Waals surface area contributed by atoms with Crippen molar-refractivity contribution in [3.8, 4) is 23.3 Å². The highest BCUT2D eigenvalue weighted by molar-refractivity contribution is 5.34. The Kier molecular flexibility index (Phi) is 5.24. The van der Waals surface area contributed by atoms with Crippen LogP contribution in [0.5, 0.6) is 23.3 Å². The van der Waals surface area contributed by atoms with Crippen molar-refractivity contribution in [1.82, 2.24) is 9.97 Å². The number of benzene rings is 2. The van der Waals surface area contributed by atoms with E-state index >= 15 is 0 Å². The average molecular weight is 322 g/mol. The number of hydrogen-bond donors (Lipinski definition) is 0. The van der Waals surface area contributed by atoms with Crippen LogP contribution in [0.3, 0.4) is 0 Å². The molecular weight excluding hydrogens is 304 g/mol. The fourth-order valence-electron chi connectivity index (χ4n) is 2.10. The summed E-state index contributed by atoms with van der Waals surface area (Å²) < 4.78 is 17.0. The molecule has 5 nitrogen and oxygen atoms in total. The van der Waals surface area contributed by atoms with Gasteiger partial charge in [0.15, 0.2) is 0 Å². The van der Waals surface area contributed by atoms with E-state index in [1.165, 1.54) is 0 Å². The van der Waals surface area contributed by atoms with Crippen molar-refractivity contribution in [2.75, 3.05) is 13.2 Å². The predicted octanol–water partition coefficient (Wildman–Crippen LogP) is 4.04. The van der Waals surface area contributed by atoms with Crippen molar-refractivity contribution < 1.29 is 14.2 Å². The van der Waals surface area contributed by atoms with Crippen LogP contribution in [0.2, 0.25) is 0 Å². The molecule has 0 aliphatic heterocycles. The Morgan fingerprint density at radius 1 is 0.792 bits per heavy atom. The first-order chi connectivity index (χ1) is 11.8. The number of nitrogens with zero attached hydrogens (tertiary/aromatic N) is 2. The Morgan fingerprint density at radius 2 is 1.54 bits per heavy atom. The Morgan fingerprint density at radius 3 is 2.38 bits per heavy atom. The van der Waals surface area contributed by atoms with Crippen LogP contribution in [0.4, 0.5) is 0 Å². The highest BCUT2D eigenvalue weighted by Crippen LogP contribution is 2.23. The Bertz CT molecular complexity index is 778. The van der Waals surface area contributed by atoms with Crippen LogP contribution < -0.4 is 14.2 Å². The highest BCUT2D eigenvalue weighted by atomic mass is 16.5. The van der Waals surface area contributed by atoms with Crippen LogP contribution in [0.15, 0.2) is 67.0 Å². The van der Waals surface area contributed by atoms with Gasteiger partial charge < -0.3 is 14.2 Å². The second-order valence-electron chi connectivity index (χ2n) is 5.07. The summed E-state index contributed by atoms with van der Waals surface area (Å²) in [7, 11) is 0. The smallest absolute Gasteiger partial charge is 0.321 e. The topological polar surface area (TPSA) is 53.5 Å². The monoisotopic (exact) mass is 322 g/mol. The first-order valence-electron chi connectivity index (χ1n) is 7.67. The summed E-state index contributed by atoms with van der Waals surface area (Å²) >= 11 is 0. The van der Waals surface area contributed by atoms with Crippen molar-refractivity contribution in [2.24, 2.45) is 0 Å². The van der Waals surface area contributed by atoms with Crippen molar-refractivity contribution in [3.63, 3.8) is 0 Å². The Balaban J connectivity index is 1.51. The van der Waals surface area contributed by atoms with Crippen molar-refractivity contribution >= 4 is 0 Å². The molecule has 0 aliphatic carbocycles. The molecule has 0 atom stereocenters. The highest BCUT2D eigenvalue weighted by Gasteiger charge is 2.02. The van der Waals surface area contributed by atoms with E-state index in [2.05, 4.69) is 9.97 Å². The fraction of sp³-hybridized carbons (Fsp3) is 0.158. The van der Waals surface area contributed by atoms with Gasteiger partial charge in [-0.3, -0.25) is 0 Å². The van der Waals surface area contributed by atoms with Gasteiger partial charge in [-0.1, -0.05) is 24.3 Å². The number of aromatic nitrogens is 2. The van der Waals surface area contributed by atoms with Gasteiger partial charge in [0.1, 0.15) is 30.5 Å². The molecule has 0 aliphatic rings. The summed E-state index contributed by atoms with van der Waals surface area (Å²) in [5.41, 5.74) is 1.11. The zero-order valence-electron chi connectivity index (χ0n) is 13.4.